The maximum absolute atomic E-state index is 12.5. The highest BCUT2D eigenvalue weighted by Gasteiger charge is 2.31. The summed E-state index contributed by atoms with van der Waals surface area (Å²) < 4.78 is 1.96. The van der Waals surface area contributed by atoms with Crippen molar-refractivity contribution in [3.8, 4) is 0 Å². The first-order valence-corrected chi connectivity index (χ1v) is 11.3. The van der Waals surface area contributed by atoms with Gasteiger partial charge in [-0.05, 0) is 62.8 Å². The number of aromatic nitrogens is 3. The van der Waals surface area contributed by atoms with E-state index in [0.717, 1.165) is 62.6 Å². The Balaban J connectivity index is 1.14. The topological polar surface area (TPSA) is 83.0 Å². The van der Waals surface area contributed by atoms with Crippen LogP contribution in [0, 0.1) is 0 Å². The molecule has 1 saturated heterocycles. The molecule has 1 aromatic carbocycles. The van der Waals surface area contributed by atoms with Crippen molar-refractivity contribution in [3.05, 3.63) is 64.8 Å². The molecule has 162 valence electrons. The van der Waals surface area contributed by atoms with Crippen LogP contribution in [0.3, 0.4) is 0 Å². The number of aromatic amines is 1. The molecule has 0 unspecified atom stereocenters. The summed E-state index contributed by atoms with van der Waals surface area (Å²) in [6.07, 6.45) is 9.53. The van der Waals surface area contributed by atoms with Crippen molar-refractivity contribution < 1.29 is 4.79 Å². The Morgan fingerprint density at radius 3 is 2.48 bits per heavy atom. The van der Waals surface area contributed by atoms with Gasteiger partial charge in [0.1, 0.15) is 0 Å². The zero-order valence-corrected chi connectivity index (χ0v) is 17.7. The number of pyridine rings is 1. The number of H-pyrrole nitrogens is 1. The van der Waals surface area contributed by atoms with Gasteiger partial charge in [0.2, 0.25) is 0 Å². The Hall–Kier alpha value is -2.93. The zero-order chi connectivity index (χ0) is 21.2. The molecular weight excluding hydrogens is 390 g/mol. The van der Waals surface area contributed by atoms with Crippen molar-refractivity contribution >= 4 is 16.9 Å². The van der Waals surface area contributed by atoms with Gasteiger partial charge in [0.15, 0.2) is 0 Å². The third-order valence-corrected chi connectivity index (χ3v) is 6.96. The average Bonchev–Trinajstić information content (AvgIpc) is 3.16. The van der Waals surface area contributed by atoms with Crippen LogP contribution in [0.4, 0.5) is 0 Å². The van der Waals surface area contributed by atoms with Gasteiger partial charge in [0.25, 0.3) is 5.91 Å². The number of fused-ring (bicyclic) bond motifs is 1. The zero-order valence-electron chi connectivity index (χ0n) is 17.7. The number of carbonyl (C=O) groups is 1. The van der Waals surface area contributed by atoms with Crippen LogP contribution in [0.2, 0.25) is 0 Å². The fourth-order valence-corrected chi connectivity index (χ4v) is 5.30. The van der Waals surface area contributed by atoms with E-state index >= 15 is 0 Å². The molecule has 7 heteroatoms. The second-order valence-electron chi connectivity index (χ2n) is 8.81. The van der Waals surface area contributed by atoms with E-state index in [-0.39, 0.29) is 23.7 Å². The molecule has 0 radical (unpaired) electrons. The molecule has 0 spiro atoms. The number of hydrogen-bond acceptors (Lipinski definition) is 4. The molecule has 3 aromatic rings. The highest BCUT2D eigenvalue weighted by atomic mass is 16.2. The third-order valence-electron chi connectivity index (χ3n) is 6.96. The van der Waals surface area contributed by atoms with Gasteiger partial charge in [0, 0.05) is 43.6 Å². The maximum Gasteiger partial charge on any atom is 0.326 e. The Bertz CT molecular complexity index is 1090. The second kappa shape index (κ2) is 8.67. The lowest BCUT2D eigenvalue weighted by molar-refractivity contribution is 0.0856. The molecule has 2 aliphatic rings. The lowest BCUT2D eigenvalue weighted by Gasteiger charge is -2.41. The van der Waals surface area contributed by atoms with E-state index in [2.05, 4.69) is 20.2 Å². The fraction of sp³-hybridized carbons (Fsp3) is 0.458. The summed E-state index contributed by atoms with van der Waals surface area (Å²) in [4.78, 5) is 34.5. The van der Waals surface area contributed by atoms with Crippen molar-refractivity contribution in [3.63, 3.8) is 0 Å². The number of hydrogen-bond donors (Lipinski definition) is 2. The first-order chi connectivity index (χ1) is 15.2. The van der Waals surface area contributed by atoms with Gasteiger partial charge in [0.05, 0.1) is 16.6 Å². The molecule has 31 heavy (non-hydrogen) atoms. The number of piperidine rings is 1. The number of benzene rings is 1. The molecule has 0 bridgehead atoms. The summed E-state index contributed by atoms with van der Waals surface area (Å²) in [6.45, 7) is 2.04. The molecule has 2 N–H and O–H groups in total. The van der Waals surface area contributed by atoms with E-state index in [0.29, 0.717) is 11.6 Å². The molecule has 2 fully saturated rings. The number of para-hydroxylation sites is 2. The van der Waals surface area contributed by atoms with Gasteiger partial charge in [-0.3, -0.25) is 14.3 Å². The number of carbonyl (C=O) groups excluding carboxylic acids is 1. The van der Waals surface area contributed by atoms with E-state index in [9.17, 15) is 9.59 Å². The maximum atomic E-state index is 12.5. The lowest BCUT2D eigenvalue weighted by Crippen LogP contribution is -2.47. The largest absolute Gasteiger partial charge is 0.349 e. The summed E-state index contributed by atoms with van der Waals surface area (Å²) >= 11 is 0. The van der Waals surface area contributed by atoms with E-state index in [1.165, 1.54) is 0 Å². The predicted molar refractivity (Wildman–Crippen MR) is 120 cm³/mol. The molecule has 1 amide bonds. The summed E-state index contributed by atoms with van der Waals surface area (Å²) in [7, 11) is 0. The third kappa shape index (κ3) is 4.14. The minimum Gasteiger partial charge on any atom is -0.349 e. The van der Waals surface area contributed by atoms with Gasteiger partial charge in [-0.25, -0.2) is 4.79 Å². The average molecular weight is 420 g/mol. The molecule has 0 atom stereocenters. The van der Waals surface area contributed by atoms with Crippen LogP contribution in [0.15, 0.2) is 53.6 Å². The molecule has 1 aliphatic heterocycles. The van der Waals surface area contributed by atoms with Crippen molar-refractivity contribution in [2.45, 2.75) is 56.7 Å². The molecule has 5 rings (SSSR count). The minimum atomic E-state index is -0.0264. The Kier molecular flexibility index (Phi) is 5.59. The predicted octanol–water partition coefficient (Wildman–Crippen LogP) is 3.10. The van der Waals surface area contributed by atoms with Gasteiger partial charge in [-0.1, -0.05) is 12.1 Å². The molecule has 3 heterocycles. The van der Waals surface area contributed by atoms with Gasteiger partial charge >= 0.3 is 5.69 Å². The first kappa shape index (κ1) is 20.0. The quantitative estimate of drug-likeness (QED) is 0.681. The number of amides is 1. The van der Waals surface area contributed by atoms with Crippen LogP contribution in [0.25, 0.3) is 11.0 Å². The van der Waals surface area contributed by atoms with Crippen LogP contribution >= 0.6 is 0 Å². The summed E-state index contributed by atoms with van der Waals surface area (Å²) in [5, 5.41) is 3.17. The van der Waals surface area contributed by atoms with Gasteiger partial charge in [-0.2, -0.15) is 0 Å². The Morgan fingerprint density at radius 1 is 0.968 bits per heavy atom. The summed E-state index contributed by atoms with van der Waals surface area (Å²) in [5.74, 6) is -0.0264. The van der Waals surface area contributed by atoms with Gasteiger partial charge in [-0.15, -0.1) is 0 Å². The van der Waals surface area contributed by atoms with Crippen molar-refractivity contribution in [2.75, 3.05) is 13.1 Å². The molecule has 7 nitrogen and oxygen atoms in total. The minimum absolute atomic E-state index is 0.00418. The van der Waals surface area contributed by atoms with Crippen LogP contribution in [-0.4, -0.2) is 50.5 Å². The molecule has 1 aliphatic carbocycles. The van der Waals surface area contributed by atoms with Gasteiger partial charge < -0.3 is 15.2 Å². The van der Waals surface area contributed by atoms with Crippen LogP contribution in [0.5, 0.6) is 0 Å². The monoisotopic (exact) mass is 419 g/mol. The summed E-state index contributed by atoms with van der Waals surface area (Å²) in [6, 6.07) is 12.6. The fourth-order valence-electron chi connectivity index (χ4n) is 5.30. The normalized spacial score (nSPS) is 23.1. The van der Waals surface area contributed by atoms with E-state index in [1.54, 1.807) is 24.5 Å². The summed E-state index contributed by atoms with van der Waals surface area (Å²) in [5.41, 5.74) is 2.56. The highest BCUT2D eigenvalue weighted by molar-refractivity contribution is 5.94. The number of imidazole rings is 1. The molecular formula is C24H29N5O2. The SMILES string of the molecule is O=C(N[C@H]1CC[C@H](N2CCC(n3c(=O)[nH]c4ccccc43)CC2)CC1)c1cccnc1. The molecule has 1 saturated carbocycles. The number of nitrogens with zero attached hydrogens (tertiary/aromatic N) is 3. The standard InChI is InChI=1S/C24H29N5O2/c30-23(17-4-3-13-25-16-17)26-18-7-9-19(10-8-18)28-14-11-20(12-15-28)29-22-6-2-1-5-21(22)27-24(29)31/h1-6,13,16,18-20H,7-12,14-15H2,(H,26,30)(H,27,31)/t18-,19-. The lowest BCUT2D eigenvalue weighted by atomic mass is 9.88. The smallest absolute Gasteiger partial charge is 0.326 e. The van der Waals surface area contributed by atoms with Crippen LogP contribution in [-0.2, 0) is 0 Å². The van der Waals surface area contributed by atoms with Crippen molar-refractivity contribution in [1.29, 1.82) is 0 Å². The van der Waals surface area contributed by atoms with E-state index in [1.807, 2.05) is 28.8 Å². The van der Waals surface area contributed by atoms with Crippen molar-refractivity contribution in [1.82, 2.24) is 24.8 Å². The molecule has 2 aromatic heterocycles. The Morgan fingerprint density at radius 2 is 1.74 bits per heavy atom. The number of nitrogens with one attached hydrogen (secondary N) is 2. The number of likely N-dealkylation sites (tertiary alicyclic amines) is 1. The van der Waals surface area contributed by atoms with E-state index in [4.69, 9.17) is 0 Å². The van der Waals surface area contributed by atoms with Crippen LogP contribution in [0.1, 0.15) is 54.9 Å². The first-order valence-electron chi connectivity index (χ1n) is 11.3. The highest BCUT2D eigenvalue weighted by Crippen LogP contribution is 2.30. The van der Waals surface area contributed by atoms with E-state index < -0.39 is 0 Å². The van der Waals surface area contributed by atoms with Crippen molar-refractivity contribution in [2.24, 2.45) is 0 Å². The number of rotatable bonds is 4. The van der Waals surface area contributed by atoms with Crippen LogP contribution < -0.4 is 11.0 Å². The Labute approximate surface area is 181 Å². The second-order valence-corrected chi connectivity index (χ2v) is 8.81.